The van der Waals surface area contributed by atoms with Crippen molar-refractivity contribution in [1.82, 2.24) is 4.90 Å². The summed E-state index contributed by atoms with van der Waals surface area (Å²) in [5, 5.41) is 0.582. The Labute approximate surface area is 126 Å². The number of amides is 1. The molecule has 0 radical (unpaired) electrons. The van der Waals surface area contributed by atoms with Crippen molar-refractivity contribution in [2.24, 2.45) is 5.73 Å². The number of halogens is 2. The number of nitrogens with zero attached hydrogens (tertiary/aromatic N) is 1. The van der Waals surface area contributed by atoms with Gasteiger partial charge in [0.25, 0.3) is 5.91 Å². The molecule has 2 aliphatic rings. The Hall–Kier alpha value is -0.580. The van der Waals surface area contributed by atoms with Crippen LogP contribution in [-0.4, -0.2) is 28.9 Å². The van der Waals surface area contributed by atoms with Crippen LogP contribution in [0, 0.1) is 0 Å². The second-order valence-electron chi connectivity index (χ2n) is 5.49. The number of piperidine rings is 1. The van der Waals surface area contributed by atoms with Crippen molar-refractivity contribution in [1.29, 1.82) is 0 Å². The number of carbonyl (C=O) groups excluding carboxylic acids is 1. The van der Waals surface area contributed by atoms with Crippen molar-refractivity contribution in [3.63, 3.8) is 0 Å². The molecule has 0 saturated carbocycles. The molecule has 0 aromatic heterocycles. The van der Waals surface area contributed by atoms with Gasteiger partial charge in [-0.3, -0.25) is 4.79 Å². The van der Waals surface area contributed by atoms with Crippen LogP contribution < -0.4 is 5.73 Å². The van der Waals surface area contributed by atoms with Gasteiger partial charge >= 0.3 is 0 Å². The second-order valence-corrected chi connectivity index (χ2v) is 6.84. The van der Waals surface area contributed by atoms with Gasteiger partial charge in [-0.2, -0.15) is 0 Å². The molecule has 0 spiro atoms. The van der Waals surface area contributed by atoms with Crippen LogP contribution in [0.15, 0.2) is 22.7 Å². The average molecular weight is 344 g/mol. The summed E-state index contributed by atoms with van der Waals surface area (Å²) in [6.45, 7) is 0. The lowest BCUT2D eigenvalue weighted by Crippen LogP contribution is -2.50. The zero-order valence-corrected chi connectivity index (χ0v) is 12.8. The highest BCUT2D eigenvalue weighted by atomic mass is 79.9. The minimum absolute atomic E-state index is 0.0857. The molecule has 2 unspecified atom stereocenters. The molecule has 19 heavy (non-hydrogen) atoms. The van der Waals surface area contributed by atoms with Crippen molar-refractivity contribution in [2.75, 3.05) is 0 Å². The molecule has 2 fully saturated rings. The summed E-state index contributed by atoms with van der Waals surface area (Å²) in [4.78, 5) is 14.7. The van der Waals surface area contributed by atoms with Crippen LogP contribution >= 0.6 is 27.5 Å². The molecular weight excluding hydrogens is 328 g/mol. The van der Waals surface area contributed by atoms with E-state index < -0.39 is 0 Å². The minimum atomic E-state index is 0.0857. The van der Waals surface area contributed by atoms with Gasteiger partial charge in [0.15, 0.2) is 0 Å². The first-order valence-corrected chi connectivity index (χ1v) is 7.76. The smallest absolute Gasteiger partial charge is 0.254 e. The highest BCUT2D eigenvalue weighted by molar-refractivity contribution is 9.10. The molecule has 0 aliphatic carbocycles. The van der Waals surface area contributed by atoms with Crippen LogP contribution in [0.3, 0.4) is 0 Å². The average Bonchev–Trinajstić information content (AvgIpc) is 2.59. The lowest BCUT2D eigenvalue weighted by Gasteiger charge is -2.37. The van der Waals surface area contributed by atoms with E-state index in [0.29, 0.717) is 22.7 Å². The van der Waals surface area contributed by atoms with Crippen LogP contribution in [0.1, 0.15) is 36.0 Å². The summed E-state index contributed by atoms with van der Waals surface area (Å²) in [7, 11) is 0. The molecule has 2 N–H and O–H groups in total. The Morgan fingerprint density at radius 3 is 2.47 bits per heavy atom. The molecule has 2 saturated heterocycles. The predicted octanol–water partition coefficient (Wildman–Crippen LogP) is 3.20. The molecule has 1 aromatic carbocycles. The van der Waals surface area contributed by atoms with E-state index in [1.807, 2.05) is 11.0 Å². The topological polar surface area (TPSA) is 46.3 Å². The molecule has 2 aliphatic heterocycles. The minimum Gasteiger partial charge on any atom is -0.333 e. The quantitative estimate of drug-likeness (QED) is 0.851. The van der Waals surface area contributed by atoms with Gasteiger partial charge in [-0.25, -0.2) is 0 Å². The maximum absolute atomic E-state index is 12.7. The fourth-order valence-corrected chi connectivity index (χ4v) is 4.24. The van der Waals surface area contributed by atoms with Gasteiger partial charge in [0, 0.05) is 33.2 Å². The summed E-state index contributed by atoms with van der Waals surface area (Å²) < 4.78 is 0.837. The zero-order chi connectivity index (χ0) is 13.6. The maximum Gasteiger partial charge on any atom is 0.254 e. The fourth-order valence-electron chi connectivity index (χ4n) is 3.38. The normalized spacial score (nSPS) is 29.6. The van der Waals surface area contributed by atoms with Crippen LogP contribution in [0.4, 0.5) is 0 Å². The molecule has 1 amide bonds. The summed E-state index contributed by atoms with van der Waals surface area (Å²) >= 11 is 9.41. The van der Waals surface area contributed by atoms with Crippen LogP contribution in [-0.2, 0) is 0 Å². The highest BCUT2D eigenvalue weighted by Crippen LogP contribution is 2.36. The Morgan fingerprint density at radius 1 is 1.26 bits per heavy atom. The van der Waals surface area contributed by atoms with E-state index in [9.17, 15) is 4.79 Å². The third-order valence-electron chi connectivity index (χ3n) is 4.11. The number of benzene rings is 1. The van der Waals surface area contributed by atoms with E-state index in [4.69, 9.17) is 17.3 Å². The lowest BCUT2D eigenvalue weighted by molar-refractivity contribution is 0.0575. The first kappa shape index (κ1) is 13.4. The first-order valence-electron chi connectivity index (χ1n) is 6.59. The third kappa shape index (κ3) is 2.54. The van der Waals surface area contributed by atoms with Crippen molar-refractivity contribution in [3.05, 3.63) is 33.3 Å². The molecule has 2 bridgehead atoms. The standard InChI is InChI=1S/C14H16BrClN2O/c15-9-3-8(4-10(16)5-9)14(19)18-12-1-2-13(18)7-11(17)6-12/h3-5,11-13H,1-2,6-7,17H2. The Morgan fingerprint density at radius 2 is 1.89 bits per heavy atom. The summed E-state index contributed by atoms with van der Waals surface area (Å²) in [6.07, 6.45) is 3.99. The molecule has 102 valence electrons. The van der Waals surface area contributed by atoms with E-state index in [1.54, 1.807) is 12.1 Å². The monoisotopic (exact) mass is 342 g/mol. The largest absolute Gasteiger partial charge is 0.333 e. The van der Waals surface area contributed by atoms with Crippen molar-refractivity contribution in [2.45, 2.75) is 43.8 Å². The summed E-state index contributed by atoms with van der Waals surface area (Å²) in [5.74, 6) is 0.0857. The van der Waals surface area contributed by atoms with Gasteiger partial charge in [0.1, 0.15) is 0 Å². The first-order chi connectivity index (χ1) is 9.04. The van der Waals surface area contributed by atoms with E-state index in [0.717, 1.165) is 30.2 Å². The SMILES string of the molecule is NC1CC2CCC(C1)N2C(=O)c1cc(Cl)cc(Br)c1. The fraction of sp³-hybridized carbons (Fsp3) is 0.500. The highest BCUT2D eigenvalue weighted by Gasteiger charge is 2.42. The van der Waals surface area contributed by atoms with Gasteiger partial charge in [-0.1, -0.05) is 27.5 Å². The number of nitrogens with two attached hydrogens (primary N) is 1. The second kappa shape index (κ2) is 5.08. The van der Waals surface area contributed by atoms with Crippen molar-refractivity contribution in [3.8, 4) is 0 Å². The van der Waals surface area contributed by atoms with Gasteiger partial charge in [-0.05, 0) is 43.9 Å². The third-order valence-corrected chi connectivity index (χ3v) is 4.79. The van der Waals surface area contributed by atoms with Gasteiger partial charge in [0.05, 0.1) is 0 Å². The molecule has 1 aromatic rings. The van der Waals surface area contributed by atoms with Gasteiger partial charge in [-0.15, -0.1) is 0 Å². The van der Waals surface area contributed by atoms with E-state index >= 15 is 0 Å². The van der Waals surface area contributed by atoms with E-state index in [1.165, 1.54) is 0 Å². The summed E-state index contributed by atoms with van der Waals surface area (Å²) in [5.41, 5.74) is 6.70. The number of rotatable bonds is 1. The number of hydrogen-bond acceptors (Lipinski definition) is 2. The molecule has 2 heterocycles. The zero-order valence-electron chi connectivity index (χ0n) is 10.5. The summed E-state index contributed by atoms with van der Waals surface area (Å²) in [6, 6.07) is 6.22. The van der Waals surface area contributed by atoms with Gasteiger partial charge in [0.2, 0.25) is 0 Å². The Kier molecular flexibility index (Phi) is 3.58. The molecule has 3 rings (SSSR count). The number of carbonyl (C=O) groups is 1. The Bertz CT molecular complexity index is 488. The van der Waals surface area contributed by atoms with Crippen LogP contribution in [0.5, 0.6) is 0 Å². The van der Waals surface area contributed by atoms with Crippen LogP contribution in [0.25, 0.3) is 0 Å². The molecule has 3 nitrogen and oxygen atoms in total. The predicted molar refractivity (Wildman–Crippen MR) is 79.3 cm³/mol. The van der Waals surface area contributed by atoms with Crippen molar-refractivity contribution < 1.29 is 4.79 Å². The molecule has 2 atom stereocenters. The number of hydrogen-bond donors (Lipinski definition) is 1. The molecular formula is C14H16BrClN2O. The lowest BCUT2D eigenvalue weighted by atomic mass is 9.97. The van der Waals surface area contributed by atoms with Crippen molar-refractivity contribution >= 4 is 33.4 Å². The van der Waals surface area contributed by atoms with E-state index in [-0.39, 0.29) is 11.9 Å². The maximum atomic E-state index is 12.7. The Balaban J connectivity index is 1.88. The van der Waals surface area contributed by atoms with Crippen LogP contribution in [0.2, 0.25) is 5.02 Å². The number of fused-ring (bicyclic) bond motifs is 2. The van der Waals surface area contributed by atoms with E-state index in [2.05, 4.69) is 15.9 Å². The van der Waals surface area contributed by atoms with Gasteiger partial charge < -0.3 is 10.6 Å². The molecule has 5 heteroatoms.